The van der Waals surface area contributed by atoms with Crippen LogP contribution in [0.1, 0.15) is 51.9 Å². The van der Waals surface area contributed by atoms with Crippen molar-refractivity contribution in [3.05, 3.63) is 0 Å². The zero-order chi connectivity index (χ0) is 16.2. The minimum atomic E-state index is -3.48. The highest BCUT2D eigenvalue weighted by Gasteiger charge is 2.37. The molecule has 1 unspecified atom stereocenters. The van der Waals surface area contributed by atoms with Gasteiger partial charge in [0.2, 0.25) is 0 Å². The van der Waals surface area contributed by atoms with E-state index in [9.17, 15) is 13.2 Å². The molecule has 0 N–H and O–H groups in total. The van der Waals surface area contributed by atoms with Gasteiger partial charge in [-0.1, -0.05) is 19.3 Å². The molecule has 0 bridgehead atoms. The number of carbonyl (C=O) groups is 1. The fraction of sp³-hybridized carbons (Fsp3) is 0.933. The van der Waals surface area contributed by atoms with Gasteiger partial charge < -0.3 is 4.74 Å². The second kappa shape index (κ2) is 7.75. The van der Waals surface area contributed by atoms with Crippen molar-refractivity contribution in [3.8, 4) is 0 Å². The van der Waals surface area contributed by atoms with Crippen LogP contribution in [0.25, 0.3) is 0 Å². The molecular weight excluding hydrogens is 304 g/mol. The molecule has 0 spiro atoms. The van der Waals surface area contributed by atoms with E-state index in [2.05, 4.69) is 0 Å². The van der Waals surface area contributed by atoms with Gasteiger partial charge in [-0.2, -0.15) is 17.0 Å². The van der Waals surface area contributed by atoms with Crippen molar-refractivity contribution in [3.63, 3.8) is 0 Å². The molecule has 2 fully saturated rings. The normalized spacial score (nSPS) is 25.3. The van der Waals surface area contributed by atoms with E-state index in [0.717, 1.165) is 25.7 Å². The van der Waals surface area contributed by atoms with Gasteiger partial charge in [0.1, 0.15) is 0 Å². The van der Waals surface area contributed by atoms with E-state index in [1.54, 1.807) is 14.0 Å². The van der Waals surface area contributed by atoms with Gasteiger partial charge in [0.05, 0.1) is 12.5 Å². The van der Waals surface area contributed by atoms with Crippen LogP contribution in [-0.4, -0.2) is 55.8 Å². The molecule has 1 saturated heterocycles. The first-order valence-electron chi connectivity index (χ1n) is 8.36. The van der Waals surface area contributed by atoms with Gasteiger partial charge in [0.15, 0.2) is 0 Å². The number of hydrogen-bond donors (Lipinski definition) is 0. The van der Waals surface area contributed by atoms with Crippen LogP contribution < -0.4 is 0 Å². The van der Waals surface area contributed by atoms with Crippen molar-refractivity contribution in [1.82, 2.24) is 8.61 Å². The number of nitrogens with zero attached hydrogens (tertiary/aromatic N) is 2. The second-order valence-electron chi connectivity index (χ2n) is 6.27. The van der Waals surface area contributed by atoms with Crippen molar-refractivity contribution < 1.29 is 17.9 Å². The first-order chi connectivity index (χ1) is 10.5. The number of rotatable bonds is 5. The number of piperidine rings is 1. The molecule has 0 amide bonds. The summed E-state index contributed by atoms with van der Waals surface area (Å²) in [6, 6.07) is 0.0988. The lowest BCUT2D eigenvalue weighted by atomic mass is 9.96. The molecule has 0 aromatic carbocycles. The maximum atomic E-state index is 12.8. The molecule has 1 aliphatic heterocycles. The molecule has 0 aromatic rings. The Bertz CT molecular complexity index is 474. The summed E-state index contributed by atoms with van der Waals surface area (Å²) in [6.45, 7) is 2.85. The molecule has 0 aromatic heterocycles. The van der Waals surface area contributed by atoms with Gasteiger partial charge in [0.25, 0.3) is 10.2 Å². The minimum Gasteiger partial charge on any atom is -0.466 e. The Morgan fingerprint density at radius 3 is 2.50 bits per heavy atom. The fourth-order valence-corrected chi connectivity index (χ4v) is 5.10. The summed E-state index contributed by atoms with van der Waals surface area (Å²) < 4.78 is 33.7. The summed E-state index contributed by atoms with van der Waals surface area (Å²) in [5.74, 6) is -0.606. The van der Waals surface area contributed by atoms with E-state index < -0.39 is 10.2 Å². The molecular formula is C15H28N2O4S. The maximum Gasteiger partial charge on any atom is 0.310 e. The predicted molar refractivity (Wildman–Crippen MR) is 84.5 cm³/mol. The Kier molecular flexibility index (Phi) is 6.23. The summed E-state index contributed by atoms with van der Waals surface area (Å²) in [5.41, 5.74) is 0. The van der Waals surface area contributed by atoms with Gasteiger partial charge in [-0.15, -0.1) is 0 Å². The van der Waals surface area contributed by atoms with Crippen LogP contribution in [0.3, 0.4) is 0 Å². The molecule has 1 atom stereocenters. The summed E-state index contributed by atoms with van der Waals surface area (Å²) in [6.07, 6.45) is 6.67. The van der Waals surface area contributed by atoms with Gasteiger partial charge in [0, 0.05) is 26.2 Å². The first kappa shape index (κ1) is 17.7. The van der Waals surface area contributed by atoms with Crippen LogP contribution in [0.4, 0.5) is 0 Å². The van der Waals surface area contributed by atoms with Gasteiger partial charge in [-0.25, -0.2) is 0 Å². The average Bonchev–Trinajstić information content (AvgIpc) is 2.55. The van der Waals surface area contributed by atoms with E-state index in [1.807, 2.05) is 0 Å². The number of ether oxygens (including phenoxy) is 1. The van der Waals surface area contributed by atoms with Gasteiger partial charge in [-0.3, -0.25) is 4.79 Å². The summed E-state index contributed by atoms with van der Waals surface area (Å²) >= 11 is 0. The highest BCUT2D eigenvalue weighted by molar-refractivity contribution is 7.86. The molecule has 2 aliphatic rings. The lowest BCUT2D eigenvalue weighted by molar-refractivity contribution is -0.149. The molecule has 1 heterocycles. The Labute approximate surface area is 134 Å². The van der Waals surface area contributed by atoms with E-state index in [0.29, 0.717) is 26.0 Å². The van der Waals surface area contributed by atoms with E-state index >= 15 is 0 Å². The Morgan fingerprint density at radius 1 is 1.18 bits per heavy atom. The zero-order valence-corrected chi connectivity index (χ0v) is 14.5. The Morgan fingerprint density at radius 2 is 1.86 bits per heavy atom. The molecule has 1 saturated carbocycles. The van der Waals surface area contributed by atoms with E-state index in [1.165, 1.54) is 15.0 Å². The molecule has 7 heteroatoms. The van der Waals surface area contributed by atoms with Crippen LogP contribution >= 0.6 is 0 Å². The zero-order valence-electron chi connectivity index (χ0n) is 13.7. The van der Waals surface area contributed by atoms with Crippen LogP contribution in [0.5, 0.6) is 0 Å². The van der Waals surface area contributed by atoms with Crippen molar-refractivity contribution in [2.45, 2.75) is 57.9 Å². The molecule has 22 heavy (non-hydrogen) atoms. The smallest absolute Gasteiger partial charge is 0.310 e. The maximum absolute atomic E-state index is 12.8. The average molecular weight is 332 g/mol. The molecule has 128 valence electrons. The molecule has 1 aliphatic carbocycles. The lowest BCUT2D eigenvalue weighted by Gasteiger charge is -2.37. The summed E-state index contributed by atoms with van der Waals surface area (Å²) in [5, 5.41) is 0. The topological polar surface area (TPSA) is 66.9 Å². The first-order valence-corrected chi connectivity index (χ1v) is 9.76. The standard InChI is InChI=1S/C15H28N2O4S/c1-3-21-15(18)13-8-7-11-17(12-13)22(19,20)16(2)14-9-5-4-6-10-14/h13-14H,3-12H2,1-2H3. The van der Waals surface area contributed by atoms with E-state index in [-0.39, 0.29) is 24.5 Å². The largest absolute Gasteiger partial charge is 0.466 e. The SMILES string of the molecule is CCOC(=O)C1CCCN(S(=O)(=O)N(C)C2CCCCC2)C1. The van der Waals surface area contributed by atoms with Crippen LogP contribution in [0.2, 0.25) is 0 Å². The minimum absolute atomic E-state index is 0.0988. The van der Waals surface area contributed by atoms with Crippen LogP contribution in [0, 0.1) is 5.92 Å². The van der Waals surface area contributed by atoms with Crippen molar-refractivity contribution in [2.24, 2.45) is 5.92 Å². The number of esters is 1. The van der Waals surface area contributed by atoms with Crippen molar-refractivity contribution >= 4 is 16.2 Å². The monoisotopic (exact) mass is 332 g/mol. The lowest BCUT2D eigenvalue weighted by Crippen LogP contribution is -2.51. The van der Waals surface area contributed by atoms with Crippen LogP contribution in [0.15, 0.2) is 0 Å². The van der Waals surface area contributed by atoms with Crippen molar-refractivity contribution in [2.75, 3.05) is 26.7 Å². The summed E-state index contributed by atoms with van der Waals surface area (Å²) in [4.78, 5) is 11.9. The highest BCUT2D eigenvalue weighted by atomic mass is 32.2. The Hall–Kier alpha value is -0.660. The van der Waals surface area contributed by atoms with Gasteiger partial charge >= 0.3 is 5.97 Å². The third-order valence-corrected chi connectivity index (χ3v) is 6.79. The molecule has 0 radical (unpaired) electrons. The molecule has 2 rings (SSSR count). The Balaban J connectivity index is 2.02. The summed E-state index contributed by atoms with van der Waals surface area (Å²) in [7, 11) is -1.80. The van der Waals surface area contributed by atoms with Crippen molar-refractivity contribution in [1.29, 1.82) is 0 Å². The number of hydrogen-bond acceptors (Lipinski definition) is 4. The third kappa shape index (κ3) is 4.00. The molecule has 6 nitrogen and oxygen atoms in total. The highest BCUT2D eigenvalue weighted by Crippen LogP contribution is 2.27. The van der Waals surface area contributed by atoms with Crippen LogP contribution in [-0.2, 0) is 19.7 Å². The van der Waals surface area contributed by atoms with Gasteiger partial charge in [-0.05, 0) is 32.6 Å². The quantitative estimate of drug-likeness (QED) is 0.720. The second-order valence-corrected chi connectivity index (χ2v) is 8.25. The number of carbonyl (C=O) groups excluding carboxylic acids is 1. The predicted octanol–water partition coefficient (Wildman–Crippen LogP) is 1.77. The fourth-order valence-electron chi connectivity index (χ4n) is 3.42. The third-order valence-electron chi connectivity index (χ3n) is 4.78. The van der Waals surface area contributed by atoms with E-state index in [4.69, 9.17) is 4.74 Å².